The van der Waals surface area contributed by atoms with E-state index in [0.717, 1.165) is 24.0 Å². The van der Waals surface area contributed by atoms with E-state index in [1.807, 2.05) is 0 Å². The van der Waals surface area contributed by atoms with Gasteiger partial charge >= 0.3 is 0 Å². The van der Waals surface area contributed by atoms with Crippen molar-refractivity contribution in [1.82, 2.24) is 19.7 Å². The maximum absolute atomic E-state index is 14.2. The summed E-state index contributed by atoms with van der Waals surface area (Å²) in [5, 5.41) is 14.4. The molecule has 1 aliphatic heterocycles. The van der Waals surface area contributed by atoms with Gasteiger partial charge in [-0.2, -0.15) is 10.4 Å². The highest BCUT2D eigenvalue weighted by Gasteiger charge is 2.24. The number of nitrogens with zero attached hydrogens (tertiary/aromatic N) is 5. The lowest BCUT2D eigenvalue weighted by molar-refractivity contribution is 0.0669. The normalized spacial score (nSPS) is 13.8. The minimum atomic E-state index is -0.489. The molecule has 5 rings (SSSR count). The number of rotatable bonds is 7. The molecule has 0 aliphatic carbocycles. The number of anilines is 1. The van der Waals surface area contributed by atoms with Gasteiger partial charge in [-0.1, -0.05) is 0 Å². The van der Waals surface area contributed by atoms with Gasteiger partial charge in [0.05, 0.1) is 6.04 Å². The van der Waals surface area contributed by atoms with Gasteiger partial charge in [0.2, 0.25) is 0 Å². The Balaban J connectivity index is 1.31. The fraction of sp³-hybridized carbons (Fsp3) is 0.259. The Kier molecular flexibility index (Phi) is 6.96. The molecule has 0 atom stereocenters. The quantitative estimate of drug-likeness (QED) is 0.378. The van der Waals surface area contributed by atoms with Gasteiger partial charge in [0.25, 0.3) is 0 Å². The fourth-order valence-corrected chi connectivity index (χ4v) is 4.12. The molecule has 1 fully saturated rings. The molecule has 188 valence electrons. The molecule has 2 N–H and O–H groups in total. The van der Waals surface area contributed by atoms with E-state index in [1.54, 1.807) is 54.3 Å². The standard InChI is InChI=1S/C27H25FN6O3/c1-17-31-14-18(15-32-17)16-36-23-10-20(28)11-24(12-23)37-22-4-2-19(3-5-22)26-25(13-29)27(30)34(33-26)21-6-8-35-9-7-21/h2-5,10-12,14-15,21H,6-9,16,30H2,1H3. The summed E-state index contributed by atoms with van der Waals surface area (Å²) in [6.07, 6.45) is 4.92. The van der Waals surface area contributed by atoms with E-state index in [2.05, 4.69) is 21.1 Å². The number of nitriles is 1. The summed E-state index contributed by atoms with van der Waals surface area (Å²) in [5.41, 5.74) is 8.62. The number of nitrogens with two attached hydrogens (primary N) is 1. The number of aryl methyl sites for hydroxylation is 1. The Morgan fingerprint density at radius 3 is 2.49 bits per heavy atom. The third kappa shape index (κ3) is 5.52. The lowest BCUT2D eigenvalue weighted by Crippen LogP contribution is -2.21. The third-order valence-electron chi connectivity index (χ3n) is 6.04. The van der Waals surface area contributed by atoms with E-state index in [9.17, 15) is 9.65 Å². The molecular weight excluding hydrogens is 475 g/mol. The number of nitrogen functional groups attached to an aromatic ring is 1. The van der Waals surface area contributed by atoms with Crippen LogP contribution in [0.2, 0.25) is 0 Å². The first kappa shape index (κ1) is 24.2. The van der Waals surface area contributed by atoms with Gasteiger partial charge in [-0.3, -0.25) is 0 Å². The maximum Gasteiger partial charge on any atom is 0.140 e. The highest BCUT2D eigenvalue weighted by Crippen LogP contribution is 2.33. The van der Waals surface area contributed by atoms with Crippen molar-refractivity contribution in [2.45, 2.75) is 32.4 Å². The first-order valence-corrected chi connectivity index (χ1v) is 11.8. The van der Waals surface area contributed by atoms with Crippen LogP contribution in [0.1, 0.15) is 35.8 Å². The summed E-state index contributed by atoms with van der Waals surface area (Å²) < 4.78 is 32.9. The average Bonchev–Trinajstić information content (AvgIpc) is 3.25. The Hall–Kier alpha value is -4.49. The largest absolute Gasteiger partial charge is 0.489 e. The molecule has 9 nitrogen and oxygen atoms in total. The molecule has 2 aromatic carbocycles. The van der Waals surface area contributed by atoms with Crippen molar-refractivity contribution in [3.8, 4) is 34.6 Å². The molecule has 0 unspecified atom stereocenters. The first-order chi connectivity index (χ1) is 18.0. The van der Waals surface area contributed by atoms with Crippen LogP contribution in [0, 0.1) is 24.1 Å². The van der Waals surface area contributed by atoms with Crippen molar-refractivity contribution in [1.29, 1.82) is 5.26 Å². The highest BCUT2D eigenvalue weighted by atomic mass is 19.1. The van der Waals surface area contributed by atoms with E-state index < -0.39 is 5.82 Å². The Bertz CT molecular complexity index is 1420. The molecule has 3 heterocycles. The van der Waals surface area contributed by atoms with E-state index in [1.165, 1.54) is 12.1 Å². The van der Waals surface area contributed by atoms with Crippen molar-refractivity contribution >= 4 is 5.82 Å². The minimum Gasteiger partial charge on any atom is -0.489 e. The first-order valence-electron chi connectivity index (χ1n) is 11.8. The molecule has 2 aromatic heterocycles. The number of benzene rings is 2. The van der Waals surface area contributed by atoms with E-state index >= 15 is 0 Å². The molecule has 1 aliphatic rings. The van der Waals surface area contributed by atoms with Gasteiger partial charge in [0.1, 0.15) is 58.6 Å². The maximum atomic E-state index is 14.2. The number of halogens is 1. The topological polar surface area (TPSA) is 121 Å². The van der Waals surface area contributed by atoms with Gasteiger partial charge in [-0.15, -0.1) is 0 Å². The Morgan fingerprint density at radius 1 is 1.08 bits per heavy atom. The number of aromatic nitrogens is 4. The van der Waals surface area contributed by atoms with Crippen molar-refractivity contribution in [3.05, 3.63) is 77.6 Å². The van der Waals surface area contributed by atoms with Crippen LogP contribution >= 0.6 is 0 Å². The second-order valence-electron chi connectivity index (χ2n) is 8.69. The van der Waals surface area contributed by atoms with Crippen LogP contribution in [0.25, 0.3) is 11.3 Å². The van der Waals surface area contributed by atoms with E-state index in [-0.39, 0.29) is 18.4 Å². The number of ether oxygens (including phenoxy) is 3. The molecule has 37 heavy (non-hydrogen) atoms. The SMILES string of the molecule is Cc1ncc(COc2cc(F)cc(Oc3ccc(-c4nn(C5CCOCC5)c(N)c4C#N)cc3)c2)cn1. The Morgan fingerprint density at radius 2 is 1.78 bits per heavy atom. The van der Waals surface area contributed by atoms with Crippen LogP contribution < -0.4 is 15.2 Å². The van der Waals surface area contributed by atoms with Gasteiger partial charge in [0.15, 0.2) is 0 Å². The van der Waals surface area contributed by atoms with Gasteiger partial charge in [-0.05, 0) is 44.0 Å². The molecule has 0 bridgehead atoms. The summed E-state index contributed by atoms with van der Waals surface area (Å²) >= 11 is 0. The minimum absolute atomic E-state index is 0.0973. The predicted octanol–water partition coefficient (Wildman–Crippen LogP) is 4.96. The molecule has 0 radical (unpaired) electrons. The molecule has 0 saturated carbocycles. The number of hydrogen-bond donors (Lipinski definition) is 1. The summed E-state index contributed by atoms with van der Waals surface area (Å²) in [4.78, 5) is 8.25. The zero-order chi connectivity index (χ0) is 25.8. The number of hydrogen-bond acceptors (Lipinski definition) is 8. The zero-order valence-electron chi connectivity index (χ0n) is 20.2. The smallest absolute Gasteiger partial charge is 0.140 e. The van der Waals surface area contributed by atoms with Crippen molar-refractivity contribution < 1.29 is 18.6 Å². The lowest BCUT2D eigenvalue weighted by atomic mass is 10.1. The second kappa shape index (κ2) is 10.6. The second-order valence-corrected chi connectivity index (χ2v) is 8.69. The van der Waals surface area contributed by atoms with Crippen LogP contribution in [-0.2, 0) is 11.3 Å². The van der Waals surface area contributed by atoms with Crippen LogP contribution in [0.4, 0.5) is 10.2 Å². The van der Waals surface area contributed by atoms with Gasteiger partial charge in [0, 0.05) is 54.9 Å². The molecule has 10 heteroatoms. The average molecular weight is 501 g/mol. The zero-order valence-corrected chi connectivity index (χ0v) is 20.2. The van der Waals surface area contributed by atoms with Crippen LogP contribution in [0.3, 0.4) is 0 Å². The summed E-state index contributed by atoms with van der Waals surface area (Å²) in [7, 11) is 0. The third-order valence-corrected chi connectivity index (χ3v) is 6.04. The predicted molar refractivity (Wildman–Crippen MR) is 133 cm³/mol. The molecule has 1 saturated heterocycles. The van der Waals surface area contributed by atoms with Crippen molar-refractivity contribution in [3.63, 3.8) is 0 Å². The van der Waals surface area contributed by atoms with Crippen LogP contribution in [-0.4, -0.2) is 33.0 Å². The summed E-state index contributed by atoms with van der Waals surface area (Å²) in [6.45, 7) is 3.27. The molecular formula is C27H25FN6O3. The van der Waals surface area contributed by atoms with Gasteiger partial charge in [-0.25, -0.2) is 19.0 Å². The molecule has 4 aromatic rings. The fourth-order valence-electron chi connectivity index (χ4n) is 4.12. The lowest BCUT2D eigenvalue weighted by Gasteiger charge is -2.23. The Labute approximate surface area is 213 Å². The van der Waals surface area contributed by atoms with Crippen LogP contribution in [0.15, 0.2) is 54.9 Å². The van der Waals surface area contributed by atoms with Crippen molar-refractivity contribution in [2.75, 3.05) is 18.9 Å². The van der Waals surface area contributed by atoms with Crippen LogP contribution in [0.5, 0.6) is 17.2 Å². The molecule has 0 spiro atoms. The van der Waals surface area contributed by atoms with E-state index in [0.29, 0.717) is 47.6 Å². The summed E-state index contributed by atoms with van der Waals surface area (Å²) in [6, 6.07) is 13.5. The highest BCUT2D eigenvalue weighted by molar-refractivity contribution is 5.73. The molecule has 0 amide bonds. The van der Waals surface area contributed by atoms with E-state index in [4.69, 9.17) is 19.9 Å². The summed E-state index contributed by atoms with van der Waals surface area (Å²) in [5.74, 6) is 1.62. The van der Waals surface area contributed by atoms with Gasteiger partial charge < -0.3 is 19.9 Å². The van der Waals surface area contributed by atoms with Crippen molar-refractivity contribution in [2.24, 2.45) is 0 Å². The monoisotopic (exact) mass is 500 g/mol.